The van der Waals surface area contributed by atoms with Gasteiger partial charge in [-0.3, -0.25) is 0 Å². The van der Waals surface area contributed by atoms with Gasteiger partial charge in [0.25, 0.3) is 0 Å². The molecule has 2 heterocycles. The van der Waals surface area contributed by atoms with Gasteiger partial charge in [-0.1, -0.05) is 12.1 Å². The lowest BCUT2D eigenvalue weighted by molar-refractivity contribution is 0.266. The fraction of sp³-hybridized carbons (Fsp3) is 0.200. The molecular formula is C20H18FN3O3. The average Bonchev–Trinajstić information content (AvgIpc) is 3.22. The monoisotopic (exact) mass is 367 g/mol. The summed E-state index contributed by atoms with van der Waals surface area (Å²) in [6.45, 7) is 1.96. The maximum Gasteiger partial charge on any atom is 0.229 e. The fourth-order valence-corrected chi connectivity index (χ4v) is 3.06. The Morgan fingerprint density at radius 3 is 2.74 bits per heavy atom. The molecule has 4 aromatic rings. The van der Waals surface area contributed by atoms with Crippen molar-refractivity contribution in [3.63, 3.8) is 0 Å². The molecule has 0 atom stereocenters. The van der Waals surface area contributed by atoms with Crippen LogP contribution in [0, 0.1) is 12.7 Å². The molecule has 0 aliphatic heterocycles. The number of hydrogen-bond acceptors (Lipinski definition) is 5. The topological polar surface area (TPSA) is 73.3 Å². The minimum Gasteiger partial charge on any atom is -0.497 e. The lowest BCUT2D eigenvalue weighted by Gasteiger charge is -2.06. The van der Waals surface area contributed by atoms with Gasteiger partial charge >= 0.3 is 0 Å². The predicted molar refractivity (Wildman–Crippen MR) is 97.9 cm³/mol. The third-order valence-electron chi connectivity index (χ3n) is 4.48. The Bertz CT molecular complexity index is 1120. The van der Waals surface area contributed by atoms with Crippen molar-refractivity contribution in [1.29, 1.82) is 0 Å². The summed E-state index contributed by atoms with van der Waals surface area (Å²) >= 11 is 0. The van der Waals surface area contributed by atoms with Gasteiger partial charge < -0.3 is 18.8 Å². The van der Waals surface area contributed by atoms with Crippen LogP contribution in [0.3, 0.4) is 0 Å². The lowest BCUT2D eigenvalue weighted by atomic mass is 10.2. The molecule has 0 bridgehead atoms. The van der Waals surface area contributed by atoms with Crippen molar-refractivity contribution >= 4 is 11.0 Å². The third kappa shape index (κ3) is 3.06. The Labute approximate surface area is 154 Å². The van der Waals surface area contributed by atoms with Gasteiger partial charge in [0.15, 0.2) is 0 Å². The molecule has 2 aromatic heterocycles. The first-order valence-electron chi connectivity index (χ1n) is 8.46. The molecule has 0 fully saturated rings. The van der Waals surface area contributed by atoms with E-state index < -0.39 is 5.82 Å². The first kappa shape index (κ1) is 17.2. The van der Waals surface area contributed by atoms with Crippen molar-refractivity contribution in [2.75, 3.05) is 7.11 Å². The number of aromatic nitrogens is 3. The molecule has 0 saturated heterocycles. The summed E-state index contributed by atoms with van der Waals surface area (Å²) in [5, 5.41) is 9.65. The number of aryl methyl sites for hydroxylation is 1. The number of benzene rings is 2. The lowest BCUT2D eigenvalue weighted by Crippen LogP contribution is -2.06. The fourth-order valence-electron chi connectivity index (χ4n) is 3.06. The average molecular weight is 367 g/mol. The number of rotatable bonds is 5. The minimum atomic E-state index is -0.466. The van der Waals surface area contributed by atoms with Crippen LogP contribution in [0.25, 0.3) is 22.5 Å². The highest BCUT2D eigenvalue weighted by Gasteiger charge is 2.18. The summed E-state index contributed by atoms with van der Waals surface area (Å²) in [6.07, 6.45) is 0. The Kier molecular flexibility index (Phi) is 4.37. The number of imidazole rings is 1. The number of para-hydroxylation sites is 2. The van der Waals surface area contributed by atoms with Crippen molar-refractivity contribution < 1.29 is 18.7 Å². The molecule has 4 rings (SSSR count). The Morgan fingerprint density at radius 1 is 1.19 bits per heavy atom. The van der Waals surface area contributed by atoms with Crippen LogP contribution < -0.4 is 4.74 Å². The van der Waals surface area contributed by atoms with Gasteiger partial charge in [-0.15, -0.1) is 0 Å². The maximum absolute atomic E-state index is 14.3. The molecule has 0 aliphatic rings. The van der Waals surface area contributed by atoms with E-state index in [-0.39, 0.29) is 18.1 Å². The molecule has 0 unspecified atom stereocenters. The quantitative estimate of drug-likeness (QED) is 0.582. The van der Waals surface area contributed by atoms with Crippen molar-refractivity contribution in [3.05, 3.63) is 65.6 Å². The summed E-state index contributed by atoms with van der Waals surface area (Å²) in [5.41, 5.74) is 2.60. The minimum absolute atomic E-state index is 0.189. The standard InChI is InChI=1S/C20H18FN3O3/c1-12-17(10-24-18-6-4-3-5-16(18)22-19(24)11-25)23-20(27-12)14-8-7-13(26-2)9-15(14)21/h3-9,25H,10-11H2,1-2H3. The van der Waals surface area contributed by atoms with Crippen molar-refractivity contribution in [3.8, 4) is 17.2 Å². The van der Waals surface area contributed by atoms with Crippen LogP contribution in [-0.2, 0) is 13.2 Å². The third-order valence-corrected chi connectivity index (χ3v) is 4.48. The molecule has 0 amide bonds. The molecular weight excluding hydrogens is 349 g/mol. The van der Waals surface area contributed by atoms with Crippen LogP contribution in [0.5, 0.6) is 5.75 Å². The van der Waals surface area contributed by atoms with E-state index in [2.05, 4.69) is 9.97 Å². The van der Waals surface area contributed by atoms with Gasteiger partial charge in [-0.2, -0.15) is 0 Å². The smallest absolute Gasteiger partial charge is 0.229 e. The van der Waals surface area contributed by atoms with E-state index in [0.29, 0.717) is 29.6 Å². The van der Waals surface area contributed by atoms with Crippen molar-refractivity contribution in [2.45, 2.75) is 20.1 Å². The van der Waals surface area contributed by atoms with Crippen molar-refractivity contribution in [2.24, 2.45) is 0 Å². The van der Waals surface area contributed by atoms with Gasteiger partial charge in [-0.25, -0.2) is 14.4 Å². The second kappa shape index (κ2) is 6.85. The summed E-state index contributed by atoms with van der Waals surface area (Å²) in [6, 6.07) is 12.2. The van der Waals surface area contributed by atoms with Crippen LogP contribution >= 0.6 is 0 Å². The molecule has 0 saturated carbocycles. The second-order valence-corrected chi connectivity index (χ2v) is 6.13. The Balaban J connectivity index is 1.73. The van der Waals surface area contributed by atoms with Crippen LogP contribution in [0.2, 0.25) is 0 Å². The first-order chi connectivity index (χ1) is 13.1. The first-order valence-corrected chi connectivity index (χ1v) is 8.46. The molecule has 0 radical (unpaired) electrons. The molecule has 0 spiro atoms. The second-order valence-electron chi connectivity index (χ2n) is 6.13. The Morgan fingerprint density at radius 2 is 2.00 bits per heavy atom. The van der Waals surface area contributed by atoms with E-state index in [0.717, 1.165) is 11.0 Å². The van der Waals surface area contributed by atoms with E-state index in [1.165, 1.54) is 13.2 Å². The summed E-state index contributed by atoms with van der Waals surface area (Å²) < 4.78 is 27.0. The zero-order valence-corrected chi connectivity index (χ0v) is 14.9. The molecule has 138 valence electrons. The van der Waals surface area contributed by atoms with Gasteiger partial charge in [0.05, 0.1) is 30.3 Å². The van der Waals surface area contributed by atoms with Gasteiger partial charge in [0.2, 0.25) is 5.89 Å². The van der Waals surface area contributed by atoms with Gasteiger partial charge in [0, 0.05) is 6.07 Å². The normalized spacial score (nSPS) is 11.3. The van der Waals surface area contributed by atoms with Crippen LogP contribution in [0.1, 0.15) is 17.3 Å². The van der Waals surface area contributed by atoms with Gasteiger partial charge in [0.1, 0.15) is 35.5 Å². The van der Waals surface area contributed by atoms with Crippen LogP contribution in [0.15, 0.2) is 46.9 Å². The zero-order chi connectivity index (χ0) is 19.0. The molecule has 1 N–H and O–H groups in total. The molecule has 6 nitrogen and oxygen atoms in total. The zero-order valence-electron chi connectivity index (χ0n) is 14.9. The number of ether oxygens (including phenoxy) is 1. The highest BCUT2D eigenvalue weighted by Crippen LogP contribution is 2.28. The highest BCUT2D eigenvalue weighted by molar-refractivity contribution is 5.76. The van der Waals surface area contributed by atoms with Crippen molar-refractivity contribution in [1.82, 2.24) is 14.5 Å². The van der Waals surface area contributed by atoms with E-state index in [4.69, 9.17) is 9.15 Å². The van der Waals surface area contributed by atoms with E-state index in [1.807, 2.05) is 28.8 Å². The number of oxazole rings is 1. The number of aliphatic hydroxyl groups is 1. The molecule has 27 heavy (non-hydrogen) atoms. The van der Waals surface area contributed by atoms with Crippen LogP contribution in [-0.4, -0.2) is 26.8 Å². The molecule has 2 aromatic carbocycles. The van der Waals surface area contributed by atoms with E-state index in [1.54, 1.807) is 19.1 Å². The Hall–Kier alpha value is -3.19. The SMILES string of the molecule is COc1ccc(-c2nc(Cn3c(CO)nc4ccccc43)c(C)o2)c(F)c1. The predicted octanol–water partition coefficient (Wildman–Crippen LogP) is 3.69. The number of fused-ring (bicyclic) bond motifs is 1. The number of nitrogens with zero attached hydrogens (tertiary/aromatic N) is 3. The number of hydrogen-bond donors (Lipinski definition) is 1. The highest BCUT2D eigenvalue weighted by atomic mass is 19.1. The number of halogens is 1. The summed E-state index contributed by atoms with van der Waals surface area (Å²) in [4.78, 5) is 8.91. The number of methoxy groups -OCH3 is 1. The van der Waals surface area contributed by atoms with Gasteiger partial charge in [-0.05, 0) is 31.2 Å². The van der Waals surface area contributed by atoms with E-state index >= 15 is 0 Å². The van der Waals surface area contributed by atoms with Crippen LogP contribution in [0.4, 0.5) is 4.39 Å². The molecule has 0 aliphatic carbocycles. The summed E-state index contributed by atoms with van der Waals surface area (Å²) in [5.74, 6) is 1.29. The van der Waals surface area contributed by atoms with E-state index in [9.17, 15) is 9.50 Å². The summed E-state index contributed by atoms with van der Waals surface area (Å²) in [7, 11) is 1.48. The largest absolute Gasteiger partial charge is 0.497 e. The molecule has 7 heteroatoms. The maximum atomic E-state index is 14.3. The number of aliphatic hydroxyl groups excluding tert-OH is 1.